The molecule has 1 aliphatic rings. The van der Waals surface area contributed by atoms with Crippen molar-refractivity contribution in [3.63, 3.8) is 0 Å². The van der Waals surface area contributed by atoms with Crippen molar-refractivity contribution in [1.82, 2.24) is 0 Å². The topological polar surface area (TPSA) is 340 Å². The fraction of sp³-hybridized carbons (Fsp3) is 0.256. The number of benzene rings is 8. The first kappa shape index (κ1) is 78.1. The predicted molar refractivity (Wildman–Crippen MR) is 374 cm³/mol. The molecule has 1 saturated heterocycles. The van der Waals surface area contributed by atoms with E-state index in [1.54, 1.807) is 72.8 Å². The molecule has 0 radical (unpaired) electrons. The van der Waals surface area contributed by atoms with Gasteiger partial charge in [-0.25, -0.2) is 38.4 Å². The normalized spacial score (nSPS) is 17.6. The van der Waals surface area contributed by atoms with E-state index in [4.69, 9.17) is 64.6 Å². The molecule has 0 aliphatic carbocycles. The summed E-state index contributed by atoms with van der Waals surface area (Å²) in [6.45, 7) is -0.403. The fourth-order valence-corrected chi connectivity index (χ4v) is 11.1. The summed E-state index contributed by atoms with van der Waals surface area (Å²) in [6.07, 6.45) is -28.6. The molecule has 105 heavy (non-hydrogen) atoms. The number of esters is 10. The van der Waals surface area contributed by atoms with Crippen LogP contribution in [0.25, 0.3) is 0 Å². The molecule has 8 aromatic carbocycles. The van der Waals surface area contributed by atoms with E-state index in [-0.39, 0.29) is 44.5 Å². The first-order valence-corrected chi connectivity index (χ1v) is 33.6. The highest BCUT2D eigenvalue weighted by Gasteiger charge is 2.56. The molecule has 8 aromatic rings. The van der Waals surface area contributed by atoms with Crippen LogP contribution in [0.15, 0.2) is 243 Å². The molecule has 1 heterocycles. The largest absolute Gasteiger partial charge is 0.462 e. The van der Waals surface area contributed by atoms with Crippen LogP contribution in [0.4, 0.5) is 0 Å². The molecule has 0 saturated carbocycles. The van der Waals surface area contributed by atoms with E-state index < -0.39 is 172 Å². The van der Waals surface area contributed by atoms with Gasteiger partial charge in [0.25, 0.3) is 0 Å². The average Bonchev–Trinajstić information content (AvgIpc) is 0.764. The van der Waals surface area contributed by atoms with E-state index in [9.17, 15) is 58.2 Å². The molecular formula is C78H71IO26. The van der Waals surface area contributed by atoms with Crippen molar-refractivity contribution in [2.24, 2.45) is 0 Å². The van der Waals surface area contributed by atoms with E-state index >= 15 is 0 Å². The van der Waals surface area contributed by atoms with Crippen LogP contribution in [0.3, 0.4) is 0 Å². The van der Waals surface area contributed by atoms with Crippen LogP contribution in [0.2, 0.25) is 0 Å². The Bertz CT molecular complexity index is 4150. The van der Waals surface area contributed by atoms with Crippen molar-refractivity contribution >= 4 is 82.7 Å². The third-order valence-electron chi connectivity index (χ3n) is 15.8. The number of carbonyl (C=O) groups excluding carboxylic acids is 10. The zero-order valence-electron chi connectivity index (χ0n) is 56.2. The maximum atomic E-state index is 14.6. The third kappa shape index (κ3) is 22.7. The number of hydrogen-bond donors (Lipinski definition) is 2. The monoisotopic (exact) mass is 1550 g/mol. The Morgan fingerprint density at radius 2 is 0.676 bits per heavy atom. The van der Waals surface area contributed by atoms with Gasteiger partial charge in [0.15, 0.2) is 49.2 Å². The number of ether oxygens (including phenoxy) is 13. The first-order valence-electron chi connectivity index (χ1n) is 32.8. The molecule has 27 heteroatoms. The quantitative estimate of drug-likeness (QED) is 0.0164. The molecule has 13 unspecified atom stereocenters. The van der Waals surface area contributed by atoms with E-state index in [1.807, 2.05) is 0 Å². The highest BCUT2D eigenvalue weighted by Crippen LogP contribution is 2.35. The van der Waals surface area contributed by atoms with Crippen molar-refractivity contribution in [3.8, 4) is 0 Å². The maximum absolute atomic E-state index is 14.6. The SMILES string of the molecule is CC(=O)OC(CCOC(O)C(OC(=O)c1ccccc1)C(OC(=O)c1ccccc1)C(CCOC(=O)c1ccccc1)OC(=O)c1ccccc1)C(OC1OC(COC(=O)c2ccccc2)C(OC(=O)c2ccccc2)C(OC(=O)c2ccccc2)C1OC(=O)c1ccccc1)C(OC(C)=O)C(O)OI. The Morgan fingerprint density at radius 3 is 1.08 bits per heavy atom. The smallest absolute Gasteiger partial charge is 0.338 e. The lowest BCUT2D eigenvalue weighted by atomic mass is 9.97. The van der Waals surface area contributed by atoms with Gasteiger partial charge in [0.05, 0.1) is 57.7 Å². The van der Waals surface area contributed by atoms with Crippen LogP contribution < -0.4 is 0 Å². The second-order valence-electron chi connectivity index (χ2n) is 23.1. The third-order valence-corrected chi connectivity index (χ3v) is 16.3. The van der Waals surface area contributed by atoms with Crippen molar-refractivity contribution in [3.05, 3.63) is 287 Å². The predicted octanol–water partition coefficient (Wildman–Crippen LogP) is 9.83. The van der Waals surface area contributed by atoms with Gasteiger partial charge < -0.3 is 71.8 Å². The lowest BCUT2D eigenvalue weighted by Crippen LogP contribution is -2.65. The van der Waals surface area contributed by atoms with Gasteiger partial charge in [0, 0.05) is 26.7 Å². The molecular weight excluding hydrogens is 1480 g/mol. The number of rotatable bonds is 34. The Labute approximate surface area is 615 Å². The summed E-state index contributed by atoms with van der Waals surface area (Å²) >= 11 is 1.28. The molecule has 0 aromatic heterocycles. The number of aliphatic hydroxyl groups is 2. The number of halogens is 1. The van der Waals surface area contributed by atoms with Gasteiger partial charge in [0.1, 0.15) is 54.0 Å². The van der Waals surface area contributed by atoms with Gasteiger partial charge in [-0.2, -0.15) is 0 Å². The molecule has 13 atom stereocenters. The molecule has 1 aliphatic heterocycles. The van der Waals surface area contributed by atoms with Gasteiger partial charge in [-0.1, -0.05) is 146 Å². The summed E-state index contributed by atoms with van der Waals surface area (Å²) in [5.74, 6) is -10.5. The number of aliphatic hydroxyl groups excluding tert-OH is 2. The first-order chi connectivity index (χ1) is 50.8. The molecule has 1 fully saturated rings. The molecule has 0 amide bonds. The summed E-state index contributed by atoms with van der Waals surface area (Å²) in [5, 5.41) is 24.5. The van der Waals surface area contributed by atoms with Gasteiger partial charge in [-0.15, -0.1) is 0 Å². The van der Waals surface area contributed by atoms with E-state index in [1.165, 1.54) is 193 Å². The highest BCUT2D eigenvalue weighted by atomic mass is 127. The average molecular weight is 1550 g/mol. The van der Waals surface area contributed by atoms with E-state index in [0.717, 1.165) is 13.8 Å². The minimum Gasteiger partial charge on any atom is -0.462 e. The maximum Gasteiger partial charge on any atom is 0.338 e. The number of hydrogen-bond acceptors (Lipinski definition) is 26. The Balaban J connectivity index is 1.14. The zero-order valence-corrected chi connectivity index (χ0v) is 58.4. The molecule has 9 rings (SSSR count). The second-order valence-corrected chi connectivity index (χ2v) is 23.6. The lowest BCUT2D eigenvalue weighted by Gasteiger charge is -2.46. The second kappa shape index (κ2) is 39.6. The van der Waals surface area contributed by atoms with Crippen LogP contribution in [0.5, 0.6) is 0 Å². The van der Waals surface area contributed by atoms with Crippen LogP contribution >= 0.6 is 23.0 Å². The van der Waals surface area contributed by atoms with Crippen LogP contribution in [0.1, 0.15) is 110 Å². The highest BCUT2D eigenvalue weighted by molar-refractivity contribution is 14.1. The Morgan fingerprint density at radius 1 is 0.352 bits per heavy atom. The van der Waals surface area contributed by atoms with Crippen LogP contribution in [-0.4, -0.2) is 170 Å². The lowest BCUT2D eigenvalue weighted by molar-refractivity contribution is -0.328. The standard InChI is InChI=1S/C78H71IO26/c1-48(80)95-58(43-46-93-76(90)65(102-74(88)56-39-23-9-24-40-56)61(99-71(85)53-33-17-6-18-34-53)59(97-70(84)52-31-15-5-16-32-52)44-45-92-68(82)50-27-11-3-12-28-50)62(66(77(91)105-79)96-49(2)81)104-78-67(103-75(89)57-41-25-10-26-42-57)64(101-73(87)55-37-21-8-22-38-55)63(100-72(86)54-35-19-7-20-36-54)60(98-78)47-94-69(83)51-29-13-4-14-30-51/h3-42,58-67,76-78,90-91H,43-47H2,1-2H3. The fourth-order valence-electron chi connectivity index (χ4n) is 10.8. The summed E-state index contributed by atoms with van der Waals surface area (Å²) in [4.78, 5) is 141. The summed E-state index contributed by atoms with van der Waals surface area (Å²) in [5.41, 5.74) is -0.216. The molecule has 0 spiro atoms. The molecule has 26 nitrogen and oxygen atoms in total. The van der Waals surface area contributed by atoms with Gasteiger partial charge >= 0.3 is 59.7 Å². The zero-order chi connectivity index (χ0) is 74.6. The van der Waals surface area contributed by atoms with Crippen molar-refractivity contribution in [2.75, 3.05) is 19.8 Å². The van der Waals surface area contributed by atoms with Crippen LogP contribution in [-0.2, 0) is 74.2 Å². The Kier molecular flexibility index (Phi) is 29.4. The Hall–Kier alpha value is -11.1. The van der Waals surface area contributed by atoms with E-state index in [0.29, 0.717) is 0 Å². The minimum absolute atomic E-state index is 0.0127. The molecule has 546 valence electrons. The van der Waals surface area contributed by atoms with E-state index in [2.05, 4.69) is 0 Å². The van der Waals surface area contributed by atoms with Gasteiger partial charge in [-0.3, -0.25) is 12.7 Å². The van der Waals surface area contributed by atoms with Crippen LogP contribution in [0, 0.1) is 0 Å². The van der Waals surface area contributed by atoms with Gasteiger partial charge in [0.2, 0.25) is 6.29 Å². The number of carbonyl (C=O) groups is 10. The molecule has 2 N–H and O–H groups in total. The summed E-state index contributed by atoms with van der Waals surface area (Å²) in [7, 11) is 0. The van der Waals surface area contributed by atoms with Crippen molar-refractivity contribution in [2.45, 2.75) is 107 Å². The minimum atomic E-state index is -2.49. The van der Waals surface area contributed by atoms with Crippen molar-refractivity contribution < 1.29 is 123 Å². The summed E-state index contributed by atoms with van der Waals surface area (Å²) < 4.78 is 85.0. The van der Waals surface area contributed by atoms with Gasteiger partial charge in [-0.05, 0) is 97.1 Å². The summed E-state index contributed by atoms with van der Waals surface area (Å²) in [6, 6.07) is 60.0. The van der Waals surface area contributed by atoms with Crippen molar-refractivity contribution in [1.29, 1.82) is 0 Å². The molecule has 0 bridgehead atoms.